The van der Waals surface area contributed by atoms with Crippen LogP contribution in [0, 0.1) is 5.92 Å². The summed E-state index contributed by atoms with van der Waals surface area (Å²) in [5, 5.41) is 7.59. The molecule has 2 aromatic heterocycles. The van der Waals surface area contributed by atoms with Gasteiger partial charge in [-0.15, -0.1) is 0 Å². The van der Waals surface area contributed by atoms with Gasteiger partial charge < -0.3 is 25.3 Å². The fourth-order valence-electron chi connectivity index (χ4n) is 4.36. The van der Waals surface area contributed by atoms with Crippen molar-refractivity contribution in [2.75, 3.05) is 0 Å². The second kappa shape index (κ2) is 13.7. The maximum Gasteiger partial charge on any atom is 0.408 e. The number of nitrogens with zero attached hydrogens (tertiary/aromatic N) is 4. The van der Waals surface area contributed by atoms with Gasteiger partial charge in [0, 0.05) is 21.1 Å². The van der Waals surface area contributed by atoms with Crippen molar-refractivity contribution in [3.8, 4) is 0 Å². The Bertz CT molecular complexity index is 1590. The highest BCUT2D eigenvalue weighted by atomic mass is 16.5. The Morgan fingerprint density at radius 2 is 1.60 bits per heavy atom. The minimum atomic E-state index is -1.15. The molecule has 1 aromatic carbocycles. The van der Waals surface area contributed by atoms with Crippen LogP contribution in [0.25, 0.3) is 11.2 Å². The van der Waals surface area contributed by atoms with Crippen molar-refractivity contribution in [2.24, 2.45) is 27.1 Å². The van der Waals surface area contributed by atoms with Crippen LogP contribution in [0.5, 0.6) is 0 Å². The Labute approximate surface area is 242 Å². The second-order valence-electron chi connectivity index (χ2n) is 10.4. The first-order chi connectivity index (χ1) is 19.8. The number of fused-ring (bicyclic) bond motifs is 1. The average Bonchev–Trinajstić information content (AvgIpc) is 3.30. The van der Waals surface area contributed by atoms with Crippen molar-refractivity contribution in [1.82, 2.24) is 34.6 Å². The van der Waals surface area contributed by atoms with E-state index in [0.29, 0.717) is 0 Å². The Kier molecular flexibility index (Phi) is 10.4. The van der Waals surface area contributed by atoms with E-state index >= 15 is 0 Å². The molecule has 0 aliphatic rings. The summed E-state index contributed by atoms with van der Waals surface area (Å²) in [6.45, 7) is 5.21. The van der Waals surface area contributed by atoms with E-state index < -0.39 is 47.0 Å². The number of benzene rings is 1. The van der Waals surface area contributed by atoms with Crippen LogP contribution in [0.4, 0.5) is 4.79 Å². The van der Waals surface area contributed by atoms with Crippen LogP contribution >= 0.6 is 0 Å². The quantitative estimate of drug-likeness (QED) is 0.257. The van der Waals surface area contributed by atoms with Crippen LogP contribution in [-0.2, 0) is 53.4 Å². The summed E-state index contributed by atoms with van der Waals surface area (Å²) in [5.74, 6) is -2.20. The normalized spacial score (nSPS) is 12.5. The van der Waals surface area contributed by atoms with Gasteiger partial charge in [-0.3, -0.25) is 28.3 Å². The van der Waals surface area contributed by atoms with Crippen molar-refractivity contribution < 1.29 is 23.9 Å². The van der Waals surface area contributed by atoms with Gasteiger partial charge in [0.05, 0.1) is 12.6 Å². The first-order valence-electron chi connectivity index (χ1n) is 13.6. The number of hydrogen-bond donors (Lipinski definition) is 3. The molecule has 226 valence electrons. The van der Waals surface area contributed by atoms with E-state index in [-0.39, 0.29) is 48.9 Å². The molecule has 0 saturated carbocycles. The van der Waals surface area contributed by atoms with Gasteiger partial charge in [-0.1, -0.05) is 51.1 Å². The molecule has 42 heavy (non-hydrogen) atoms. The third-order valence-electron chi connectivity index (χ3n) is 6.77. The summed E-state index contributed by atoms with van der Waals surface area (Å²) in [5.41, 5.74) is 0.00248. The van der Waals surface area contributed by atoms with E-state index in [1.165, 1.54) is 23.2 Å². The van der Waals surface area contributed by atoms with E-state index in [2.05, 4.69) is 20.9 Å². The number of carbonyl (C=O) groups is 4. The zero-order valence-corrected chi connectivity index (χ0v) is 24.6. The zero-order valence-electron chi connectivity index (χ0n) is 24.6. The molecule has 3 aromatic rings. The zero-order chi connectivity index (χ0) is 31.1. The van der Waals surface area contributed by atoms with Gasteiger partial charge >= 0.3 is 11.8 Å². The summed E-state index contributed by atoms with van der Waals surface area (Å²) in [7, 11) is 4.39. The smallest absolute Gasteiger partial charge is 0.408 e. The predicted molar refractivity (Wildman–Crippen MR) is 153 cm³/mol. The van der Waals surface area contributed by atoms with Crippen LogP contribution in [-0.4, -0.2) is 54.5 Å². The Morgan fingerprint density at radius 3 is 2.21 bits per heavy atom. The number of amides is 3. The number of ketones is 1. The molecule has 0 spiro atoms. The van der Waals surface area contributed by atoms with Gasteiger partial charge in [0.2, 0.25) is 11.7 Å². The number of nitrogens with one attached hydrogen (secondary N) is 3. The molecule has 2 heterocycles. The molecule has 2 atom stereocenters. The molecule has 0 saturated heterocycles. The number of ether oxygens (including phenoxy) is 1. The number of carbonyl (C=O) groups excluding carboxylic acids is 4. The maximum absolute atomic E-state index is 13.1. The fourth-order valence-corrected chi connectivity index (χ4v) is 4.36. The lowest BCUT2D eigenvalue weighted by Crippen LogP contribution is -2.54. The Hall–Kier alpha value is -4.75. The van der Waals surface area contributed by atoms with Crippen LogP contribution in [0.15, 0.2) is 39.9 Å². The van der Waals surface area contributed by atoms with Gasteiger partial charge in [-0.2, -0.15) is 0 Å². The minimum Gasteiger partial charge on any atom is -0.445 e. The molecule has 0 aliphatic heterocycles. The molecule has 14 heteroatoms. The van der Waals surface area contributed by atoms with Crippen LogP contribution < -0.4 is 27.2 Å². The van der Waals surface area contributed by atoms with E-state index in [0.717, 1.165) is 10.1 Å². The van der Waals surface area contributed by atoms with Gasteiger partial charge in [0.15, 0.2) is 11.2 Å². The molecule has 0 fully saturated rings. The molecule has 3 rings (SSSR count). The summed E-state index contributed by atoms with van der Waals surface area (Å²) >= 11 is 0. The standard InChI is InChI=1S/C28H37N7O7/c1-7-18(30-24(37)19(13-16(2)3)31-27(40)42-15-17-11-9-8-10-12-17)22(36)25(38)29-14-20-32-23-21(33(20)4)26(39)35(6)28(41)34(23)5/h8-12,16,18-19H,7,13-15H2,1-6H3,(H,29,38)(H,30,37)(H,31,40)/t18?,19-/m0/s1. The minimum absolute atomic E-state index is 0.0232. The third kappa shape index (κ3) is 7.30. The van der Waals surface area contributed by atoms with E-state index in [4.69, 9.17) is 4.74 Å². The number of rotatable bonds is 12. The second-order valence-corrected chi connectivity index (χ2v) is 10.4. The van der Waals surface area contributed by atoms with Gasteiger partial charge in [0.1, 0.15) is 18.5 Å². The van der Waals surface area contributed by atoms with Gasteiger partial charge in [0.25, 0.3) is 11.5 Å². The van der Waals surface area contributed by atoms with Crippen molar-refractivity contribution in [3.63, 3.8) is 0 Å². The predicted octanol–water partition coefficient (Wildman–Crippen LogP) is 0.392. The van der Waals surface area contributed by atoms with Gasteiger partial charge in [-0.25, -0.2) is 14.6 Å². The molecular weight excluding hydrogens is 546 g/mol. The molecule has 0 radical (unpaired) electrons. The first kappa shape index (κ1) is 31.8. The first-order valence-corrected chi connectivity index (χ1v) is 13.6. The summed E-state index contributed by atoms with van der Waals surface area (Å²) < 4.78 is 8.85. The van der Waals surface area contributed by atoms with E-state index in [9.17, 15) is 28.8 Å². The van der Waals surface area contributed by atoms with Crippen molar-refractivity contribution in [2.45, 2.75) is 58.8 Å². The summed E-state index contributed by atoms with van der Waals surface area (Å²) in [4.78, 5) is 80.3. The summed E-state index contributed by atoms with van der Waals surface area (Å²) in [6.07, 6.45) is -0.390. The SMILES string of the molecule is CCC(NC(=O)[C@H](CC(C)C)NC(=O)OCc1ccccc1)C(=O)C(=O)NCc1nc2c(c(=O)n(C)c(=O)n2C)n1C. The average molecular weight is 584 g/mol. The molecule has 14 nitrogen and oxygen atoms in total. The summed E-state index contributed by atoms with van der Waals surface area (Å²) in [6, 6.07) is 6.92. The lowest BCUT2D eigenvalue weighted by molar-refractivity contribution is -0.140. The topological polar surface area (TPSA) is 175 Å². The highest BCUT2D eigenvalue weighted by molar-refractivity contribution is 6.38. The molecule has 3 amide bonds. The molecule has 0 aliphatic carbocycles. The molecule has 3 N–H and O–H groups in total. The van der Waals surface area contributed by atoms with Crippen molar-refractivity contribution >= 4 is 34.9 Å². The molecule has 1 unspecified atom stereocenters. The third-order valence-corrected chi connectivity index (χ3v) is 6.77. The fraction of sp³-hybridized carbons (Fsp3) is 0.464. The van der Waals surface area contributed by atoms with E-state index in [1.54, 1.807) is 26.1 Å². The van der Waals surface area contributed by atoms with Crippen molar-refractivity contribution in [1.29, 1.82) is 0 Å². The highest BCUT2D eigenvalue weighted by Crippen LogP contribution is 2.10. The lowest BCUT2D eigenvalue weighted by Gasteiger charge is -2.23. The van der Waals surface area contributed by atoms with Crippen LogP contribution in [0.3, 0.4) is 0 Å². The van der Waals surface area contributed by atoms with E-state index in [1.807, 2.05) is 32.0 Å². The largest absolute Gasteiger partial charge is 0.445 e. The number of alkyl carbamates (subject to hydrolysis) is 1. The number of hydrogen-bond acceptors (Lipinski definition) is 8. The number of aromatic nitrogens is 4. The molecular formula is C28H37N7O7. The number of aryl methyl sites for hydroxylation is 2. The van der Waals surface area contributed by atoms with Crippen LogP contribution in [0.1, 0.15) is 45.0 Å². The number of Topliss-reactive ketones (excluding diaryl/α,β-unsaturated/α-hetero) is 1. The Balaban J connectivity index is 1.65. The van der Waals surface area contributed by atoms with Crippen molar-refractivity contribution in [3.05, 3.63) is 62.6 Å². The highest BCUT2D eigenvalue weighted by Gasteiger charge is 2.30. The molecule has 0 bridgehead atoms. The number of imidazole rings is 1. The van der Waals surface area contributed by atoms with Gasteiger partial charge in [-0.05, 0) is 24.3 Å². The lowest BCUT2D eigenvalue weighted by atomic mass is 10.0. The van der Waals surface area contributed by atoms with Crippen LogP contribution in [0.2, 0.25) is 0 Å². The maximum atomic E-state index is 13.1. The monoisotopic (exact) mass is 583 g/mol. The Morgan fingerprint density at radius 1 is 0.929 bits per heavy atom.